The van der Waals surface area contributed by atoms with Crippen molar-refractivity contribution >= 4 is 23.1 Å². The summed E-state index contributed by atoms with van der Waals surface area (Å²) in [7, 11) is 0. The number of aliphatic hydroxyl groups is 2. The minimum absolute atomic E-state index is 0.0609. The van der Waals surface area contributed by atoms with Crippen LogP contribution in [0.25, 0.3) is 0 Å². The zero-order valence-corrected chi connectivity index (χ0v) is 18.0. The molecule has 3 bridgehead atoms. The lowest BCUT2D eigenvalue weighted by atomic mass is 9.82. The highest BCUT2D eigenvalue weighted by molar-refractivity contribution is 6.31. The molecule has 0 amide bonds. The number of benzene rings is 1. The molecule has 9 nitrogen and oxygen atoms in total. The van der Waals surface area contributed by atoms with Crippen LogP contribution in [0, 0.1) is 12.8 Å². The Balaban J connectivity index is 2.06. The molecular formula is C23H23NO8. The number of aryl methyl sites for hydroxylation is 1. The number of fused-ring (bicyclic) bond motifs is 1. The van der Waals surface area contributed by atoms with Gasteiger partial charge in [0.1, 0.15) is 17.6 Å². The van der Waals surface area contributed by atoms with E-state index in [4.69, 9.17) is 4.74 Å². The molecule has 0 fully saturated rings. The summed E-state index contributed by atoms with van der Waals surface area (Å²) in [6, 6.07) is 1.33. The second-order valence-corrected chi connectivity index (χ2v) is 8.73. The third kappa shape index (κ3) is 2.92. The fraction of sp³-hybridized carbons (Fsp3) is 0.391. The quantitative estimate of drug-likeness (QED) is 0.457. The van der Waals surface area contributed by atoms with E-state index >= 15 is 0 Å². The van der Waals surface area contributed by atoms with Gasteiger partial charge < -0.3 is 25.4 Å². The lowest BCUT2D eigenvalue weighted by molar-refractivity contribution is -0.154. The molecule has 0 radical (unpaired) electrons. The minimum atomic E-state index is -1.87. The van der Waals surface area contributed by atoms with E-state index < -0.39 is 58.4 Å². The molecule has 4 unspecified atom stereocenters. The van der Waals surface area contributed by atoms with Gasteiger partial charge in [-0.05, 0) is 38.0 Å². The summed E-state index contributed by atoms with van der Waals surface area (Å²) in [4.78, 5) is 52.9. The maximum absolute atomic E-state index is 13.4. The Labute approximate surface area is 183 Å². The summed E-state index contributed by atoms with van der Waals surface area (Å²) < 4.78 is 5.70. The van der Waals surface area contributed by atoms with E-state index in [1.807, 2.05) is 0 Å². The Morgan fingerprint density at radius 3 is 2.38 bits per heavy atom. The van der Waals surface area contributed by atoms with Crippen molar-refractivity contribution in [2.45, 2.75) is 45.5 Å². The van der Waals surface area contributed by atoms with Crippen LogP contribution in [0.1, 0.15) is 57.4 Å². The summed E-state index contributed by atoms with van der Waals surface area (Å²) >= 11 is 0. The van der Waals surface area contributed by atoms with Crippen LogP contribution in [0.4, 0.5) is 0 Å². The van der Waals surface area contributed by atoms with Crippen LogP contribution >= 0.6 is 0 Å². The van der Waals surface area contributed by atoms with Crippen molar-refractivity contribution in [1.82, 2.24) is 5.32 Å². The number of aromatic hydroxyl groups is 1. The minimum Gasteiger partial charge on any atom is -0.507 e. The molecule has 0 aromatic heterocycles. The predicted octanol–water partition coefficient (Wildman–Crippen LogP) is 0.739. The van der Waals surface area contributed by atoms with E-state index in [-0.39, 0.29) is 40.1 Å². The number of ether oxygens (including phenoxy) is 1. The third-order valence-corrected chi connectivity index (χ3v) is 6.30. The first kappa shape index (κ1) is 21.9. The number of hydrogen-bond donors (Lipinski definition) is 4. The fourth-order valence-electron chi connectivity index (χ4n) is 4.34. The molecule has 1 aliphatic carbocycles. The molecule has 0 spiro atoms. The zero-order valence-electron chi connectivity index (χ0n) is 18.0. The molecule has 3 aliphatic rings. The molecule has 1 aromatic rings. The number of nitrogens with one attached hydrogen (secondary N) is 1. The summed E-state index contributed by atoms with van der Waals surface area (Å²) in [5, 5.41) is 34.5. The monoisotopic (exact) mass is 441 g/mol. The van der Waals surface area contributed by atoms with Crippen LogP contribution in [0.15, 0.2) is 29.2 Å². The van der Waals surface area contributed by atoms with E-state index in [0.29, 0.717) is 0 Å². The van der Waals surface area contributed by atoms with Crippen LogP contribution in [-0.4, -0.2) is 62.8 Å². The van der Waals surface area contributed by atoms with Gasteiger partial charge in [-0.25, -0.2) is 0 Å². The number of hydrogen-bond acceptors (Lipinski definition) is 9. The number of allylic oxidation sites excluding steroid dienone is 3. The number of ketones is 4. The number of rotatable bonds is 0. The van der Waals surface area contributed by atoms with E-state index in [1.54, 1.807) is 0 Å². The van der Waals surface area contributed by atoms with E-state index in [9.17, 15) is 34.5 Å². The molecule has 4 N–H and O–H groups in total. The van der Waals surface area contributed by atoms with Crippen LogP contribution in [0.2, 0.25) is 0 Å². The number of Topliss-reactive ketones (excluding diaryl/α,β-unsaturated/α-hetero) is 4. The van der Waals surface area contributed by atoms with Crippen LogP contribution < -0.4 is 5.32 Å². The number of carbonyl (C=O) groups excluding carboxylic acids is 4. The molecule has 2 heterocycles. The number of carbonyl (C=O) groups is 4. The Kier molecular flexibility index (Phi) is 4.87. The summed E-state index contributed by atoms with van der Waals surface area (Å²) in [5.74, 6) is -4.82. The molecular weight excluding hydrogens is 418 g/mol. The zero-order chi connectivity index (χ0) is 23.7. The lowest BCUT2D eigenvalue weighted by Gasteiger charge is -2.39. The average molecular weight is 441 g/mol. The Morgan fingerprint density at radius 2 is 1.72 bits per heavy atom. The van der Waals surface area contributed by atoms with Crippen molar-refractivity contribution in [2.24, 2.45) is 5.92 Å². The molecule has 9 heteroatoms. The maximum Gasteiger partial charge on any atom is 0.231 e. The van der Waals surface area contributed by atoms with E-state index in [1.165, 1.54) is 39.8 Å². The topological polar surface area (TPSA) is 150 Å². The lowest BCUT2D eigenvalue weighted by Crippen LogP contribution is -2.58. The normalized spacial score (nSPS) is 30.2. The standard InChI is InChI=1S/C23H23NO8/c1-8-5-9(2)17(27)20(30)22(31)23(4)7-24-14-18(28)11-6-10(3)16(26)13(15(8)25)12(11)19(29)21(14)32-23/h5-6,9,17,20,24,26-27,30H,7H2,1-4H3. The SMILES string of the molecule is CC1=CC(C)C(O)C(O)C(=O)C2(C)CNC3=C(O2)C(=O)c2c(cc(C)c(O)c2C1=O)C3=O. The molecule has 168 valence electrons. The molecule has 4 rings (SSSR count). The van der Waals surface area contributed by atoms with Gasteiger partial charge >= 0.3 is 0 Å². The van der Waals surface area contributed by atoms with Crippen molar-refractivity contribution < 1.29 is 39.2 Å². The van der Waals surface area contributed by atoms with E-state index in [0.717, 1.165) is 0 Å². The Hall–Kier alpha value is -3.30. The molecule has 2 aliphatic heterocycles. The average Bonchev–Trinajstić information content (AvgIpc) is 2.76. The van der Waals surface area contributed by atoms with E-state index in [2.05, 4.69) is 5.32 Å². The van der Waals surface area contributed by atoms with Crippen molar-refractivity contribution in [1.29, 1.82) is 0 Å². The summed E-state index contributed by atoms with van der Waals surface area (Å²) in [6.07, 6.45) is -2.09. The number of aliphatic hydroxyl groups excluding tert-OH is 2. The first-order valence-corrected chi connectivity index (χ1v) is 10.2. The van der Waals surface area contributed by atoms with Crippen molar-refractivity contribution in [2.75, 3.05) is 6.54 Å². The first-order chi connectivity index (χ1) is 14.9. The van der Waals surface area contributed by atoms with Crippen LogP contribution in [-0.2, 0) is 9.53 Å². The molecule has 0 saturated carbocycles. The summed E-state index contributed by atoms with van der Waals surface area (Å²) in [5.41, 5.74) is -2.35. The van der Waals surface area contributed by atoms with Gasteiger partial charge in [0.05, 0.1) is 23.8 Å². The first-order valence-electron chi connectivity index (χ1n) is 10.2. The second kappa shape index (κ2) is 7.11. The van der Waals surface area contributed by atoms with Gasteiger partial charge in [-0.15, -0.1) is 0 Å². The van der Waals surface area contributed by atoms with Gasteiger partial charge in [-0.3, -0.25) is 19.2 Å². The summed E-state index contributed by atoms with van der Waals surface area (Å²) in [6.45, 7) is 5.54. The Bertz CT molecular complexity index is 1180. The van der Waals surface area contributed by atoms with Gasteiger partial charge in [0, 0.05) is 11.5 Å². The van der Waals surface area contributed by atoms with Crippen LogP contribution in [0.3, 0.4) is 0 Å². The molecule has 32 heavy (non-hydrogen) atoms. The molecule has 1 aromatic carbocycles. The Morgan fingerprint density at radius 1 is 1.06 bits per heavy atom. The van der Waals surface area contributed by atoms with Gasteiger partial charge in [0.25, 0.3) is 0 Å². The maximum atomic E-state index is 13.4. The second-order valence-electron chi connectivity index (χ2n) is 8.73. The highest BCUT2D eigenvalue weighted by Crippen LogP contribution is 2.39. The van der Waals surface area contributed by atoms with Crippen molar-refractivity contribution in [3.63, 3.8) is 0 Å². The number of phenolic OH excluding ortho intramolecular Hbond substituents is 1. The smallest absolute Gasteiger partial charge is 0.231 e. The third-order valence-electron chi connectivity index (χ3n) is 6.30. The highest BCUT2D eigenvalue weighted by Gasteiger charge is 2.50. The fourth-order valence-corrected chi connectivity index (χ4v) is 4.34. The van der Waals surface area contributed by atoms with Crippen molar-refractivity contribution in [3.8, 4) is 5.75 Å². The van der Waals surface area contributed by atoms with Crippen molar-refractivity contribution in [3.05, 3.63) is 51.4 Å². The van der Waals surface area contributed by atoms with Gasteiger partial charge in [0.15, 0.2) is 17.1 Å². The largest absolute Gasteiger partial charge is 0.507 e. The van der Waals surface area contributed by atoms with Gasteiger partial charge in [0.2, 0.25) is 17.3 Å². The highest BCUT2D eigenvalue weighted by atomic mass is 16.5. The van der Waals surface area contributed by atoms with Gasteiger partial charge in [-0.2, -0.15) is 0 Å². The van der Waals surface area contributed by atoms with Gasteiger partial charge in [-0.1, -0.05) is 13.0 Å². The molecule has 4 atom stereocenters. The number of phenols is 1. The predicted molar refractivity (Wildman–Crippen MR) is 110 cm³/mol. The molecule has 0 saturated heterocycles. The van der Waals surface area contributed by atoms with Crippen LogP contribution in [0.5, 0.6) is 5.75 Å².